The molecule has 0 unspecified atom stereocenters. The van der Waals surface area contributed by atoms with E-state index in [2.05, 4.69) is 4.98 Å². The third kappa shape index (κ3) is 1.69. The van der Waals surface area contributed by atoms with Crippen molar-refractivity contribution in [3.63, 3.8) is 0 Å². The molecule has 15 heavy (non-hydrogen) atoms. The number of carbonyl (C=O) groups is 1. The van der Waals surface area contributed by atoms with E-state index in [1.807, 2.05) is 24.3 Å². The molecule has 0 spiro atoms. The van der Waals surface area contributed by atoms with Crippen LogP contribution in [0.2, 0.25) is 0 Å². The molecule has 0 saturated heterocycles. The molecular formula is C11H10N2O2. The van der Waals surface area contributed by atoms with Crippen LogP contribution in [0, 0.1) is 0 Å². The number of hydrogen-bond acceptors (Lipinski definition) is 2. The monoisotopic (exact) mass is 202 g/mol. The highest BCUT2D eigenvalue weighted by Gasteiger charge is 2.04. The molecule has 1 aromatic carbocycles. The number of nitrogens with one attached hydrogen (secondary N) is 1. The summed E-state index contributed by atoms with van der Waals surface area (Å²) in [6.07, 6.45) is 3.18. The minimum Gasteiger partial charge on any atom is -0.477 e. The summed E-state index contributed by atoms with van der Waals surface area (Å²) in [4.78, 5) is 13.6. The number of H-pyrrole nitrogens is 1. The number of aromatic amines is 1. The fraction of sp³-hybridized carbons (Fsp3) is 0. The van der Waals surface area contributed by atoms with Gasteiger partial charge in [-0.05, 0) is 12.1 Å². The van der Waals surface area contributed by atoms with E-state index < -0.39 is 5.97 Å². The number of nitrogens with two attached hydrogens (primary N) is 1. The van der Waals surface area contributed by atoms with Crippen LogP contribution in [0.1, 0.15) is 5.56 Å². The number of para-hydroxylation sites is 1. The van der Waals surface area contributed by atoms with E-state index in [1.165, 1.54) is 6.08 Å². The van der Waals surface area contributed by atoms with Crippen molar-refractivity contribution >= 4 is 22.9 Å². The van der Waals surface area contributed by atoms with Crippen molar-refractivity contribution in [2.75, 3.05) is 0 Å². The second-order valence-corrected chi connectivity index (χ2v) is 3.19. The van der Waals surface area contributed by atoms with E-state index in [0.717, 1.165) is 16.5 Å². The molecule has 2 aromatic rings. The van der Waals surface area contributed by atoms with Crippen molar-refractivity contribution < 1.29 is 9.90 Å². The molecule has 4 N–H and O–H groups in total. The van der Waals surface area contributed by atoms with Gasteiger partial charge in [-0.3, -0.25) is 0 Å². The van der Waals surface area contributed by atoms with E-state index in [1.54, 1.807) is 6.20 Å². The van der Waals surface area contributed by atoms with Crippen molar-refractivity contribution in [3.05, 3.63) is 41.7 Å². The van der Waals surface area contributed by atoms with Crippen molar-refractivity contribution in [3.8, 4) is 0 Å². The topological polar surface area (TPSA) is 79.1 Å². The van der Waals surface area contributed by atoms with Crippen LogP contribution in [0.5, 0.6) is 0 Å². The van der Waals surface area contributed by atoms with E-state index in [0.29, 0.717) is 0 Å². The Bertz CT molecular complexity index is 540. The first-order valence-electron chi connectivity index (χ1n) is 4.45. The molecule has 1 aromatic heterocycles. The second kappa shape index (κ2) is 3.49. The molecule has 1 heterocycles. The summed E-state index contributed by atoms with van der Waals surface area (Å²) in [6.45, 7) is 0. The van der Waals surface area contributed by atoms with Gasteiger partial charge in [0.25, 0.3) is 0 Å². The average molecular weight is 202 g/mol. The van der Waals surface area contributed by atoms with Gasteiger partial charge in [0, 0.05) is 22.7 Å². The standard InChI is InChI=1S/C11H10N2O2/c12-9(11(14)15)5-7-6-13-10-4-2-1-3-8(7)10/h1-6,13H,12H2,(H,14,15)/b9-5+. The number of fused-ring (bicyclic) bond motifs is 1. The lowest BCUT2D eigenvalue weighted by Crippen LogP contribution is -2.08. The van der Waals surface area contributed by atoms with Crippen LogP contribution in [0.3, 0.4) is 0 Å². The summed E-state index contributed by atoms with van der Waals surface area (Å²) >= 11 is 0. The highest BCUT2D eigenvalue weighted by molar-refractivity contribution is 5.96. The second-order valence-electron chi connectivity index (χ2n) is 3.19. The summed E-state index contributed by atoms with van der Waals surface area (Å²) in [5, 5.41) is 9.61. The van der Waals surface area contributed by atoms with Crippen LogP contribution in [0.4, 0.5) is 0 Å². The number of aromatic nitrogens is 1. The zero-order chi connectivity index (χ0) is 10.8. The summed E-state index contributed by atoms with van der Waals surface area (Å²) in [7, 11) is 0. The molecule has 0 aliphatic carbocycles. The summed E-state index contributed by atoms with van der Waals surface area (Å²) < 4.78 is 0. The van der Waals surface area contributed by atoms with Crippen LogP contribution in [-0.4, -0.2) is 16.1 Å². The Morgan fingerprint density at radius 1 is 1.40 bits per heavy atom. The largest absolute Gasteiger partial charge is 0.477 e. The lowest BCUT2D eigenvalue weighted by atomic mass is 10.1. The SMILES string of the molecule is N/C(=C/c1c[nH]c2ccccc12)C(=O)O. The minimum absolute atomic E-state index is 0.167. The van der Waals surface area contributed by atoms with Gasteiger partial charge in [0.05, 0.1) is 0 Å². The van der Waals surface area contributed by atoms with Gasteiger partial charge in [-0.2, -0.15) is 0 Å². The molecule has 0 aliphatic heterocycles. The fourth-order valence-corrected chi connectivity index (χ4v) is 1.44. The van der Waals surface area contributed by atoms with Crippen LogP contribution in [-0.2, 0) is 4.79 Å². The molecule has 76 valence electrons. The summed E-state index contributed by atoms with van der Waals surface area (Å²) in [5.74, 6) is -1.11. The number of rotatable bonds is 2. The van der Waals surface area contributed by atoms with Gasteiger partial charge in [-0.1, -0.05) is 18.2 Å². The lowest BCUT2D eigenvalue weighted by Gasteiger charge is -1.93. The third-order valence-corrected chi connectivity index (χ3v) is 2.18. The van der Waals surface area contributed by atoms with Gasteiger partial charge in [0.15, 0.2) is 0 Å². The number of aliphatic carboxylic acids is 1. The van der Waals surface area contributed by atoms with Gasteiger partial charge in [-0.25, -0.2) is 4.79 Å². The Kier molecular flexibility index (Phi) is 2.17. The predicted molar refractivity (Wildman–Crippen MR) is 58.1 cm³/mol. The van der Waals surface area contributed by atoms with Gasteiger partial charge in [0.1, 0.15) is 5.70 Å². The average Bonchev–Trinajstić information content (AvgIpc) is 2.62. The molecule has 0 fully saturated rings. The molecule has 0 aliphatic rings. The zero-order valence-electron chi connectivity index (χ0n) is 7.90. The minimum atomic E-state index is -1.11. The van der Waals surface area contributed by atoms with E-state index in [9.17, 15) is 4.79 Å². The fourth-order valence-electron chi connectivity index (χ4n) is 1.44. The van der Waals surface area contributed by atoms with E-state index in [4.69, 9.17) is 10.8 Å². The molecular weight excluding hydrogens is 192 g/mol. The molecule has 0 radical (unpaired) electrons. The Hall–Kier alpha value is -2.23. The Morgan fingerprint density at radius 2 is 2.13 bits per heavy atom. The first-order chi connectivity index (χ1) is 7.18. The van der Waals surface area contributed by atoms with E-state index >= 15 is 0 Å². The van der Waals surface area contributed by atoms with Crippen molar-refractivity contribution in [2.24, 2.45) is 5.73 Å². The molecule has 0 saturated carbocycles. The van der Waals surface area contributed by atoms with Crippen molar-refractivity contribution in [1.29, 1.82) is 0 Å². The zero-order valence-corrected chi connectivity index (χ0v) is 7.90. The maximum absolute atomic E-state index is 10.6. The molecule has 0 bridgehead atoms. The number of carboxylic acid groups (broad SMARTS) is 1. The molecule has 2 rings (SSSR count). The first-order valence-corrected chi connectivity index (χ1v) is 4.45. The Balaban J connectivity index is 2.54. The van der Waals surface area contributed by atoms with E-state index in [-0.39, 0.29) is 5.70 Å². The molecule has 0 amide bonds. The molecule has 4 heteroatoms. The molecule has 0 atom stereocenters. The van der Waals surface area contributed by atoms with Crippen molar-refractivity contribution in [2.45, 2.75) is 0 Å². The smallest absolute Gasteiger partial charge is 0.351 e. The molecule has 4 nitrogen and oxygen atoms in total. The normalized spacial score (nSPS) is 11.9. The number of hydrogen-bond donors (Lipinski definition) is 3. The highest BCUT2D eigenvalue weighted by Crippen LogP contribution is 2.19. The third-order valence-electron chi connectivity index (χ3n) is 2.18. The lowest BCUT2D eigenvalue weighted by molar-refractivity contribution is -0.132. The first kappa shape index (κ1) is 9.33. The number of benzene rings is 1. The quantitative estimate of drug-likeness (QED) is 0.646. The van der Waals surface area contributed by atoms with Gasteiger partial charge < -0.3 is 15.8 Å². The number of carboxylic acids is 1. The van der Waals surface area contributed by atoms with Crippen LogP contribution in [0.25, 0.3) is 17.0 Å². The van der Waals surface area contributed by atoms with Gasteiger partial charge >= 0.3 is 5.97 Å². The predicted octanol–water partition coefficient (Wildman–Crippen LogP) is 1.55. The Morgan fingerprint density at radius 3 is 2.87 bits per heavy atom. The van der Waals surface area contributed by atoms with Crippen LogP contribution >= 0.6 is 0 Å². The summed E-state index contributed by atoms with van der Waals surface area (Å²) in [6, 6.07) is 7.63. The van der Waals surface area contributed by atoms with Gasteiger partial charge in [0.2, 0.25) is 0 Å². The van der Waals surface area contributed by atoms with Crippen molar-refractivity contribution in [1.82, 2.24) is 4.98 Å². The Labute approximate surface area is 86.0 Å². The summed E-state index contributed by atoms with van der Waals surface area (Å²) in [5.41, 5.74) is 6.92. The maximum Gasteiger partial charge on any atom is 0.351 e. The van der Waals surface area contributed by atoms with Crippen LogP contribution < -0.4 is 5.73 Å². The van der Waals surface area contributed by atoms with Crippen LogP contribution in [0.15, 0.2) is 36.2 Å². The maximum atomic E-state index is 10.6. The van der Waals surface area contributed by atoms with Gasteiger partial charge in [-0.15, -0.1) is 0 Å². The highest BCUT2D eigenvalue weighted by atomic mass is 16.4.